The van der Waals surface area contributed by atoms with Crippen LogP contribution in [0.25, 0.3) is 11.3 Å². The Morgan fingerprint density at radius 3 is 2.50 bits per heavy atom. The van der Waals surface area contributed by atoms with Gasteiger partial charge in [-0.2, -0.15) is 10.5 Å². The highest BCUT2D eigenvalue weighted by Gasteiger charge is 2.47. The fourth-order valence-electron chi connectivity index (χ4n) is 3.75. The number of aromatic nitrogens is 2. The lowest BCUT2D eigenvalue weighted by atomic mass is 9.74. The van der Waals surface area contributed by atoms with Crippen molar-refractivity contribution in [1.82, 2.24) is 9.97 Å². The first kappa shape index (κ1) is 17.6. The summed E-state index contributed by atoms with van der Waals surface area (Å²) < 4.78 is 5.20. The van der Waals surface area contributed by atoms with Crippen molar-refractivity contribution in [3.63, 3.8) is 0 Å². The maximum atomic E-state index is 12.4. The highest BCUT2D eigenvalue weighted by Crippen LogP contribution is 2.51. The highest BCUT2D eigenvalue weighted by atomic mass is 16.5. The van der Waals surface area contributed by atoms with Crippen molar-refractivity contribution in [2.75, 3.05) is 6.61 Å². The molecule has 0 bridgehead atoms. The van der Waals surface area contributed by atoms with E-state index in [4.69, 9.17) is 4.74 Å². The quantitative estimate of drug-likeness (QED) is 0.771. The number of nitriles is 2. The molecule has 1 aromatic carbocycles. The molecule has 130 valence electrons. The summed E-state index contributed by atoms with van der Waals surface area (Å²) in [5.74, 6) is -0.312. The minimum Gasteiger partial charge on any atom is -0.466 e. The van der Waals surface area contributed by atoms with Gasteiger partial charge in [0.25, 0.3) is 0 Å². The van der Waals surface area contributed by atoms with Crippen molar-refractivity contribution < 1.29 is 9.53 Å². The number of hydrogen-bond acceptors (Lipinski definition) is 6. The van der Waals surface area contributed by atoms with Crippen LogP contribution in [0.15, 0.2) is 24.3 Å². The predicted octanol–water partition coefficient (Wildman–Crippen LogP) is 3.24. The molecule has 0 saturated heterocycles. The van der Waals surface area contributed by atoms with Crippen molar-refractivity contribution in [3.8, 4) is 23.4 Å². The molecule has 2 aromatic rings. The number of esters is 1. The maximum absolute atomic E-state index is 12.4. The van der Waals surface area contributed by atoms with Crippen molar-refractivity contribution in [3.05, 3.63) is 46.9 Å². The van der Waals surface area contributed by atoms with E-state index in [1.54, 1.807) is 6.92 Å². The van der Waals surface area contributed by atoms with E-state index in [1.165, 1.54) is 0 Å². The molecule has 0 radical (unpaired) electrons. The summed E-state index contributed by atoms with van der Waals surface area (Å²) in [4.78, 5) is 21.3. The molecule has 0 saturated carbocycles. The van der Waals surface area contributed by atoms with E-state index in [0.29, 0.717) is 24.4 Å². The lowest BCUT2D eigenvalue weighted by Gasteiger charge is -2.29. The van der Waals surface area contributed by atoms with Gasteiger partial charge in [-0.3, -0.25) is 4.79 Å². The monoisotopic (exact) mass is 346 g/mol. The van der Waals surface area contributed by atoms with Gasteiger partial charge in [-0.1, -0.05) is 37.6 Å². The molecule has 1 atom stereocenters. The SMILES string of the molecule is CCCC1(CC(=O)OCC)c2ccccc2-c2nc(C#N)c(C#N)nc21. The number of hydrogen-bond donors (Lipinski definition) is 0. The van der Waals surface area contributed by atoms with Crippen LogP contribution in [0.1, 0.15) is 55.8 Å². The van der Waals surface area contributed by atoms with Crippen molar-refractivity contribution in [1.29, 1.82) is 10.5 Å². The van der Waals surface area contributed by atoms with E-state index < -0.39 is 5.41 Å². The van der Waals surface area contributed by atoms with Gasteiger partial charge in [-0.25, -0.2) is 9.97 Å². The van der Waals surface area contributed by atoms with Gasteiger partial charge in [-0.05, 0) is 18.9 Å². The number of rotatable bonds is 5. The van der Waals surface area contributed by atoms with Crippen molar-refractivity contribution in [2.45, 2.75) is 38.5 Å². The first-order valence-corrected chi connectivity index (χ1v) is 8.59. The number of carbonyl (C=O) groups is 1. The van der Waals surface area contributed by atoms with Crippen molar-refractivity contribution in [2.24, 2.45) is 0 Å². The summed E-state index contributed by atoms with van der Waals surface area (Å²) in [6.07, 6.45) is 1.61. The lowest BCUT2D eigenvalue weighted by Crippen LogP contribution is -2.31. The number of nitrogens with zero attached hydrogens (tertiary/aromatic N) is 4. The molecule has 1 heterocycles. The molecular formula is C20H18N4O2. The second-order valence-corrected chi connectivity index (χ2v) is 6.20. The topological polar surface area (TPSA) is 99.7 Å². The van der Waals surface area contributed by atoms with Gasteiger partial charge < -0.3 is 4.74 Å². The molecule has 0 N–H and O–H groups in total. The van der Waals surface area contributed by atoms with E-state index in [0.717, 1.165) is 17.5 Å². The first-order valence-electron chi connectivity index (χ1n) is 8.59. The second kappa shape index (κ2) is 6.93. The molecule has 1 aromatic heterocycles. The molecule has 1 unspecified atom stereocenters. The van der Waals surface area contributed by atoms with Crippen LogP contribution in [0.4, 0.5) is 0 Å². The summed E-state index contributed by atoms with van der Waals surface area (Å²) in [5.41, 5.74) is 2.27. The zero-order valence-electron chi connectivity index (χ0n) is 14.7. The molecular weight excluding hydrogens is 328 g/mol. The third-order valence-corrected chi connectivity index (χ3v) is 4.69. The Balaban J connectivity index is 2.30. The van der Waals surface area contributed by atoms with E-state index in [1.807, 2.05) is 43.3 Å². The zero-order chi connectivity index (χ0) is 18.7. The Morgan fingerprint density at radius 1 is 1.15 bits per heavy atom. The standard InChI is InChI=1S/C20H18N4O2/c1-3-9-20(10-17(25)26-4-2)14-8-6-5-7-13(14)18-19(20)24-16(12-22)15(11-21)23-18/h5-8H,3-4,9-10H2,1-2H3. The van der Waals surface area contributed by atoms with Gasteiger partial charge in [0.05, 0.1) is 29.8 Å². The maximum Gasteiger partial charge on any atom is 0.307 e. The smallest absolute Gasteiger partial charge is 0.307 e. The van der Waals surface area contributed by atoms with Crippen LogP contribution in [0.5, 0.6) is 0 Å². The number of benzene rings is 1. The molecule has 0 spiro atoms. The highest BCUT2D eigenvalue weighted by molar-refractivity contribution is 5.82. The number of carbonyl (C=O) groups excluding carboxylic acids is 1. The molecule has 0 fully saturated rings. The van der Waals surface area contributed by atoms with Crippen molar-refractivity contribution >= 4 is 5.97 Å². The van der Waals surface area contributed by atoms with E-state index >= 15 is 0 Å². The first-order chi connectivity index (χ1) is 12.6. The third kappa shape index (κ3) is 2.60. The Kier molecular flexibility index (Phi) is 4.69. The summed E-state index contributed by atoms with van der Waals surface area (Å²) in [5, 5.41) is 18.7. The van der Waals surface area contributed by atoms with Crippen LogP contribution < -0.4 is 0 Å². The van der Waals surface area contributed by atoms with E-state index in [9.17, 15) is 15.3 Å². The third-order valence-electron chi connectivity index (χ3n) is 4.69. The Morgan fingerprint density at radius 2 is 1.85 bits per heavy atom. The largest absolute Gasteiger partial charge is 0.466 e. The van der Waals surface area contributed by atoms with Crippen LogP contribution >= 0.6 is 0 Å². The summed E-state index contributed by atoms with van der Waals surface area (Å²) in [6.45, 7) is 4.11. The fourth-order valence-corrected chi connectivity index (χ4v) is 3.75. The van der Waals surface area contributed by atoms with Gasteiger partial charge in [0, 0.05) is 5.56 Å². The molecule has 0 amide bonds. The van der Waals surface area contributed by atoms with Crippen LogP contribution in [-0.2, 0) is 14.9 Å². The molecule has 1 aliphatic rings. The number of ether oxygens (including phenoxy) is 1. The summed E-state index contributed by atoms with van der Waals surface area (Å²) in [6, 6.07) is 11.6. The second-order valence-electron chi connectivity index (χ2n) is 6.20. The Labute approximate surface area is 152 Å². The molecule has 6 heteroatoms. The summed E-state index contributed by atoms with van der Waals surface area (Å²) >= 11 is 0. The van der Waals surface area contributed by atoms with Gasteiger partial charge in [-0.15, -0.1) is 0 Å². The normalized spacial score (nSPS) is 16.9. The molecule has 3 rings (SSSR count). The Hall–Kier alpha value is -3.25. The van der Waals surface area contributed by atoms with Gasteiger partial charge in [0.1, 0.15) is 12.1 Å². The van der Waals surface area contributed by atoms with Crippen LogP contribution in [0.2, 0.25) is 0 Å². The fraction of sp³-hybridized carbons (Fsp3) is 0.350. The lowest BCUT2D eigenvalue weighted by molar-refractivity contribution is -0.144. The van der Waals surface area contributed by atoms with Gasteiger partial charge >= 0.3 is 5.97 Å². The average Bonchev–Trinajstić information content (AvgIpc) is 2.91. The number of fused-ring (bicyclic) bond motifs is 3. The van der Waals surface area contributed by atoms with Crippen LogP contribution in [0, 0.1) is 22.7 Å². The summed E-state index contributed by atoms with van der Waals surface area (Å²) in [7, 11) is 0. The molecule has 6 nitrogen and oxygen atoms in total. The predicted molar refractivity (Wildman–Crippen MR) is 93.8 cm³/mol. The average molecular weight is 346 g/mol. The van der Waals surface area contributed by atoms with Gasteiger partial charge in [0.2, 0.25) is 0 Å². The molecule has 26 heavy (non-hydrogen) atoms. The minimum absolute atomic E-state index is 0.00415. The van der Waals surface area contributed by atoms with E-state index in [-0.39, 0.29) is 23.8 Å². The van der Waals surface area contributed by atoms with Gasteiger partial charge in [0.15, 0.2) is 11.4 Å². The van der Waals surface area contributed by atoms with E-state index in [2.05, 4.69) is 9.97 Å². The van der Waals surface area contributed by atoms with Crippen LogP contribution in [0.3, 0.4) is 0 Å². The zero-order valence-corrected chi connectivity index (χ0v) is 14.7. The molecule has 0 aliphatic heterocycles. The molecule has 1 aliphatic carbocycles. The van der Waals surface area contributed by atoms with Crippen LogP contribution in [-0.4, -0.2) is 22.5 Å². The Bertz CT molecular complexity index is 955. The minimum atomic E-state index is -0.695.